The molecule has 414 valence electrons. The van der Waals surface area contributed by atoms with E-state index in [9.17, 15) is 69.0 Å². The number of thioether (sulfide) groups is 1. The molecule has 1 aromatic carbocycles. The molecule has 0 spiro atoms. The smallest absolute Gasteiger partial charge is 0.374 e. The van der Waals surface area contributed by atoms with Crippen LogP contribution < -0.4 is 37.2 Å². The number of ether oxygens (including phenoxy) is 1. The predicted octanol–water partition coefficient (Wildman–Crippen LogP) is -2.39. The van der Waals surface area contributed by atoms with Crippen LogP contribution in [0.15, 0.2) is 24.3 Å². The second kappa shape index (κ2) is 28.6. The number of aliphatic hydroxyl groups is 2. The van der Waals surface area contributed by atoms with Gasteiger partial charge < -0.3 is 87.5 Å². The summed E-state index contributed by atoms with van der Waals surface area (Å²) in [6.45, 7) is 0.906. The molecule has 2 aromatic heterocycles. The third kappa shape index (κ3) is 17.0. The Morgan fingerprint density at radius 1 is 0.921 bits per heavy atom. The molecule has 0 radical (unpaired) electrons. The number of carboxylic acids is 1. The molecule has 32 heteroatoms. The van der Waals surface area contributed by atoms with Gasteiger partial charge in [0.15, 0.2) is 0 Å². The van der Waals surface area contributed by atoms with E-state index in [-0.39, 0.29) is 76.2 Å². The van der Waals surface area contributed by atoms with E-state index in [2.05, 4.69) is 57.2 Å². The highest BCUT2D eigenvalue weighted by molar-refractivity contribution is 8.76. The van der Waals surface area contributed by atoms with E-state index in [0.29, 0.717) is 17.7 Å². The SMILES string of the molecule is CSCC[C@H](NC(=O)[C@@H]1CSSC[C@H](NC(=O)[C@H](CO)NC(=O)CNC(=S)c2[nH]c(C(=O)OC(C)C)nc2O)C(=O)N[C@@H](Cc2ccc(O)cc2)C(=O)N2CCC(C2)c2nc(O)c([nH]2)C(=S)NC(CO)C(=O)N1)C(=O)O. The third-order valence-electron chi connectivity index (χ3n) is 11.3. The van der Waals surface area contributed by atoms with Gasteiger partial charge in [0, 0.05) is 36.9 Å². The number of fused-ring (bicyclic) bond motifs is 5. The lowest BCUT2D eigenvalue weighted by Crippen LogP contribution is -2.59. The molecule has 0 aliphatic carbocycles. The van der Waals surface area contributed by atoms with Crippen molar-refractivity contribution in [2.24, 2.45) is 0 Å². The van der Waals surface area contributed by atoms with Gasteiger partial charge in [-0.1, -0.05) is 58.2 Å². The molecule has 1 saturated heterocycles. The quantitative estimate of drug-likeness (QED) is 0.0359. The molecule has 3 aromatic rings. The summed E-state index contributed by atoms with van der Waals surface area (Å²) in [6.07, 6.45) is 1.48. The number of rotatable bonds is 18. The van der Waals surface area contributed by atoms with E-state index in [1.165, 1.54) is 28.8 Å². The van der Waals surface area contributed by atoms with Gasteiger partial charge in [-0.15, -0.1) is 0 Å². The minimum atomic E-state index is -1.70. The van der Waals surface area contributed by atoms with Crippen LogP contribution in [0.5, 0.6) is 17.5 Å². The van der Waals surface area contributed by atoms with Crippen LogP contribution in [0.4, 0.5) is 0 Å². The van der Waals surface area contributed by atoms with Crippen molar-refractivity contribution in [1.82, 2.24) is 62.1 Å². The Hall–Kier alpha value is -6.45. The molecule has 0 saturated carbocycles. The fourth-order valence-corrected chi connectivity index (χ4v) is 10.7. The fourth-order valence-electron chi connectivity index (χ4n) is 7.39. The molecule has 6 amide bonds. The molecule has 2 aliphatic heterocycles. The number of carbonyl (C=O) groups excluding carboxylic acids is 7. The Balaban J connectivity index is 1.42. The van der Waals surface area contributed by atoms with Crippen molar-refractivity contribution >= 4 is 115 Å². The summed E-state index contributed by atoms with van der Waals surface area (Å²) in [7, 11) is 1.80. The number of aliphatic carboxylic acids is 1. The van der Waals surface area contributed by atoms with E-state index >= 15 is 0 Å². The summed E-state index contributed by atoms with van der Waals surface area (Å²) in [6, 6.07) is -3.09. The summed E-state index contributed by atoms with van der Waals surface area (Å²) in [5.74, 6) is -9.83. The van der Waals surface area contributed by atoms with E-state index in [0.717, 1.165) is 21.6 Å². The molecule has 4 heterocycles. The Kier molecular flexibility index (Phi) is 22.7. The number of benzene rings is 1. The van der Waals surface area contributed by atoms with E-state index in [1.807, 2.05) is 0 Å². The standard InChI is InChI=1S/C44H58N12O15S5/c1-19(2)71-44(70)33-53-30(38(65)55-33)40(72)45-13-29(60)46-25(15-57)34(61)49-28-18-76-75-17-27(36(63)47-23(43(68)69)9-11-74-3)50-35(62)26(16-58)51-41(73)31-39(66)54-32(52-31)21-8-10-56(14-21)42(67)24(48-37(28)64)12-20-4-6-22(59)7-5-20/h4-7,19,21,23-28,57-59,65-66H,8-18H2,1-3H3,(H,45,72)(H,46,60)(H,47,63)(H,48,64)(H,49,61)(H,50,62)(H,51,73)(H,52,54)(H,53,55)(H,68,69)/t21?,23-,24-,25-,26?,27-,28-/m0/s1. The number of aromatic nitrogens is 4. The number of aliphatic hydroxyl groups excluding tert-OH is 2. The number of aromatic hydroxyl groups is 3. The lowest BCUT2D eigenvalue weighted by molar-refractivity contribution is -0.142. The van der Waals surface area contributed by atoms with Crippen molar-refractivity contribution in [1.29, 1.82) is 0 Å². The highest BCUT2D eigenvalue weighted by Gasteiger charge is 2.37. The zero-order chi connectivity index (χ0) is 55.8. The number of esters is 1. The van der Waals surface area contributed by atoms with Crippen molar-refractivity contribution in [3.8, 4) is 17.5 Å². The molecule has 1 fully saturated rings. The summed E-state index contributed by atoms with van der Waals surface area (Å²) < 4.78 is 5.05. The average Bonchev–Trinajstić information content (AvgIpc) is 4.14. The van der Waals surface area contributed by atoms with Gasteiger partial charge in [-0.3, -0.25) is 28.8 Å². The molecule has 76 heavy (non-hydrogen) atoms. The number of aromatic amines is 2. The first-order valence-electron chi connectivity index (χ1n) is 23.3. The van der Waals surface area contributed by atoms with Gasteiger partial charge in [-0.25, -0.2) is 9.59 Å². The predicted molar refractivity (Wildman–Crippen MR) is 285 cm³/mol. The van der Waals surface area contributed by atoms with Gasteiger partial charge in [0.25, 0.3) is 0 Å². The van der Waals surface area contributed by atoms with Crippen molar-refractivity contribution in [2.75, 3.05) is 56.4 Å². The molecule has 27 nitrogen and oxygen atoms in total. The maximum atomic E-state index is 14.5. The fraction of sp³-hybridized carbons (Fsp3) is 0.500. The van der Waals surface area contributed by atoms with Gasteiger partial charge in [-0.2, -0.15) is 21.7 Å². The first kappa shape index (κ1) is 60.4. The molecule has 7 atom stereocenters. The number of carbonyl (C=O) groups is 8. The Morgan fingerprint density at radius 2 is 1.63 bits per heavy atom. The number of nitrogens with zero attached hydrogens (tertiary/aromatic N) is 3. The number of thiocarbonyl (C=S) groups is 2. The monoisotopic (exact) mass is 1150 g/mol. The highest BCUT2D eigenvalue weighted by Crippen LogP contribution is 2.30. The number of nitrogens with one attached hydrogen (secondary N) is 9. The number of H-pyrrole nitrogens is 2. The van der Waals surface area contributed by atoms with Crippen LogP contribution in [0, 0.1) is 0 Å². The van der Waals surface area contributed by atoms with Crippen molar-refractivity contribution in [3.05, 3.63) is 52.9 Å². The van der Waals surface area contributed by atoms with Crippen molar-refractivity contribution in [3.63, 3.8) is 0 Å². The van der Waals surface area contributed by atoms with Crippen LogP contribution in [0.2, 0.25) is 0 Å². The number of carboxylic acid groups (broad SMARTS) is 1. The second-order valence-corrected chi connectivity index (χ2v) is 21.7. The Bertz CT molecular complexity index is 2620. The number of phenolic OH excluding ortho intramolecular Hbond substituents is 1. The number of imidazole rings is 2. The first-order valence-corrected chi connectivity index (χ1v) is 28.0. The third-order valence-corrected chi connectivity index (χ3v) is 15.1. The van der Waals surface area contributed by atoms with Crippen LogP contribution in [-0.4, -0.2) is 212 Å². The molecule has 5 rings (SSSR count). The van der Waals surface area contributed by atoms with Gasteiger partial charge in [0.2, 0.25) is 53.0 Å². The maximum absolute atomic E-state index is 14.5. The molecule has 4 bridgehead atoms. The van der Waals surface area contributed by atoms with Gasteiger partial charge in [0.05, 0.1) is 25.9 Å². The largest absolute Gasteiger partial charge is 0.508 e. The van der Waals surface area contributed by atoms with Crippen LogP contribution in [-0.2, 0) is 44.7 Å². The van der Waals surface area contributed by atoms with Gasteiger partial charge >= 0.3 is 11.9 Å². The minimum absolute atomic E-state index is 0.0225. The minimum Gasteiger partial charge on any atom is -0.508 e. The summed E-state index contributed by atoms with van der Waals surface area (Å²) >= 11 is 12.1. The highest BCUT2D eigenvalue weighted by atomic mass is 33.1. The van der Waals surface area contributed by atoms with Crippen LogP contribution in [0.1, 0.15) is 66.0 Å². The topological polar surface area (TPSA) is 412 Å². The molecular weight excluding hydrogens is 1100 g/mol. The van der Waals surface area contributed by atoms with Crippen LogP contribution in [0.25, 0.3) is 0 Å². The van der Waals surface area contributed by atoms with Crippen LogP contribution in [0.3, 0.4) is 0 Å². The van der Waals surface area contributed by atoms with Gasteiger partial charge in [-0.05, 0) is 56.4 Å². The average molecular weight is 1160 g/mol. The first-order chi connectivity index (χ1) is 36.1. The lowest BCUT2D eigenvalue weighted by atomic mass is 10.0. The normalized spacial score (nSPS) is 20.4. The van der Waals surface area contributed by atoms with Crippen LogP contribution >= 0.6 is 57.8 Å². The molecule has 2 unspecified atom stereocenters. The van der Waals surface area contributed by atoms with E-state index in [1.54, 1.807) is 32.2 Å². The molecular formula is C44H58N12O15S5. The maximum Gasteiger partial charge on any atom is 0.374 e. The molecule has 2 aliphatic rings. The second-order valence-electron chi connectivity index (χ2n) is 17.3. The Morgan fingerprint density at radius 3 is 2.29 bits per heavy atom. The molecule has 15 N–H and O–H groups in total. The zero-order valence-corrected chi connectivity index (χ0v) is 45.0. The number of hydrogen-bond donors (Lipinski definition) is 15. The van der Waals surface area contributed by atoms with E-state index < -0.39 is 127 Å². The number of phenols is 1. The summed E-state index contributed by atoms with van der Waals surface area (Å²) in [4.78, 5) is 122. The summed E-state index contributed by atoms with van der Waals surface area (Å²) in [5, 5.41) is 79.3. The number of hydrogen-bond acceptors (Lipinski definition) is 21. The van der Waals surface area contributed by atoms with Gasteiger partial charge in [0.1, 0.15) is 69.2 Å². The number of amides is 6. The van der Waals surface area contributed by atoms with E-state index in [4.69, 9.17) is 29.2 Å². The summed E-state index contributed by atoms with van der Waals surface area (Å²) in [5.41, 5.74) is 0.172. The van der Waals surface area contributed by atoms with Crippen molar-refractivity contribution in [2.45, 2.75) is 81.4 Å². The zero-order valence-electron chi connectivity index (χ0n) is 40.9. The van der Waals surface area contributed by atoms with Crippen molar-refractivity contribution < 1.29 is 73.7 Å². The lowest BCUT2D eigenvalue weighted by Gasteiger charge is -2.27. The Labute approximate surface area is 456 Å².